The van der Waals surface area contributed by atoms with Gasteiger partial charge in [-0.05, 0) is 0 Å². The van der Waals surface area contributed by atoms with E-state index >= 15 is 0 Å². The van der Waals surface area contributed by atoms with Crippen LogP contribution in [0, 0.1) is 0 Å². The number of aliphatic hydroxyl groups excluding tert-OH is 1. The van der Waals surface area contributed by atoms with Crippen molar-refractivity contribution in [3.8, 4) is 0 Å². The molecule has 0 radical (unpaired) electrons. The summed E-state index contributed by atoms with van der Waals surface area (Å²) in [4.78, 5) is 0. The second-order valence-electron chi connectivity index (χ2n) is 2.23. The molecule has 3 heteroatoms. The Hall–Kier alpha value is -0.643. The summed E-state index contributed by atoms with van der Waals surface area (Å²) < 4.78 is 0. The van der Waals surface area contributed by atoms with Crippen molar-refractivity contribution in [2.75, 3.05) is 0 Å². The van der Waals surface area contributed by atoms with Gasteiger partial charge in [0.1, 0.15) is 0 Å². The molecule has 0 atom stereocenters. The minimum Gasteiger partial charge on any atom is -0.364 e. The lowest BCUT2D eigenvalue weighted by atomic mass is 10.2. The van der Waals surface area contributed by atoms with Crippen LogP contribution in [0.5, 0.6) is 0 Å². The summed E-state index contributed by atoms with van der Waals surface area (Å²) in [6.07, 6.45) is -1.31. The van der Waals surface area contributed by atoms with E-state index in [1.165, 1.54) is 0 Å². The molecule has 0 bridgehead atoms. The summed E-state index contributed by atoms with van der Waals surface area (Å²) in [6.45, 7) is 0. The third kappa shape index (κ3) is 1.44. The average Bonchev–Trinajstić information content (AvgIpc) is 1.88. The summed E-state index contributed by atoms with van der Waals surface area (Å²) in [5.41, 5.74) is 0.633. The number of aliphatic hydroxyl groups is 2. The summed E-state index contributed by atoms with van der Waals surface area (Å²) >= 11 is 0. The van der Waals surface area contributed by atoms with E-state index in [1.807, 2.05) is 12.1 Å². The molecule has 1 aromatic rings. The van der Waals surface area contributed by atoms with Gasteiger partial charge in [0.05, 0.1) is 0 Å². The van der Waals surface area contributed by atoms with Gasteiger partial charge in [-0.1, -0.05) is 29.5 Å². The number of rotatable bonds is 1. The van der Waals surface area contributed by atoms with E-state index in [0.717, 1.165) is 15.4 Å². The normalized spacial score (nSPS) is 10.7. The molecule has 0 fully saturated rings. The van der Waals surface area contributed by atoms with Gasteiger partial charge < -0.3 is 10.2 Å². The lowest BCUT2D eigenvalue weighted by Crippen LogP contribution is -2.12. The Balaban J connectivity index is 3.03. The van der Waals surface area contributed by atoms with Crippen molar-refractivity contribution >= 4 is 15.4 Å². The first-order valence-corrected chi connectivity index (χ1v) is 4.13. The fourth-order valence-corrected chi connectivity index (χ4v) is 1.49. The average molecular weight is 154 g/mol. The van der Waals surface area contributed by atoms with Gasteiger partial charge in [0.2, 0.25) is 0 Å². The SMILES string of the molecule is OC(O)c1ccccc1[SiH3]. The minimum atomic E-state index is -1.31. The van der Waals surface area contributed by atoms with Crippen molar-refractivity contribution in [3.63, 3.8) is 0 Å². The fraction of sp³-hybridized carbons (Fsp3) is 0.143. The van der Waals surface area contributed by atoms with Gasteiger partial charge in [0.15, 0.2) is 6.29 Å². The van der Waals surface area contributed by atoms with Crippen molar-refractivity contribution in [2.24, 2.45) is 0 Å². The Kier molecular flexibility index (Phi) is 2.21. The molecule has 10 heavy (non-hydrogen) atoms. The van der Waals surface area contributed by atoms with Crippen molar-refractivity contribution in [1.82, 2.24) is 0 Å². The van der Waals surface area contributed by atoms with E-state index < -0.39 is 6.29 Å². The molecule has 0 heterocycles. The van der Waals surface area contributed by atoms with Gasteiger partial charge in [0.25, 0.3) is 0 Å². The molecule has 1 rings (SSSR count). The standard InChI is InChI=1S/C7H10O2Si/c8-7(9)5-3-1-2-4-6(5)10/h1-4,7-9H,10H3. The van der Waals surface area contributed by atoms with E-state index in [1.54, 1.807) is 12.1 Å². The predicted octanol–water partition coefficient (Wildman–Crippen LogP) is -1.34. The van der Waals surface area contributed by atoms with E-state index in [0.29, 0.717) is 5.56 Å². The molecule has 0 saturated carbocycles. The maximum Gasteiger partial charge on any atom is 0.178 e. The second-order valence-corrected chi connectivity index (χ2v) is 3.31. The van der Waals surface area contributed by atoms with Crippen LogP contribution in [0.4, 0.5) is 0 Å². The van der Waals surface area contributed by atoms with Crippen molar-refractivity contribution in [2.45, 2.75) is 6.29 Å². The summed E-state index contributed by atoms with van der Waals surface area (Å²) in [5, 5.41) is 18.6. The van der Waals surface area contributed by atoms with Crippen LogP contribution >= 0.6 is 0 Å². The summed E-state index contributed by atoms with van der Waals surface area (Å²) in [6, 6.07) is 7.33. The Morgan fingerprint density at radius 1 is 1.20 bits per heavy atom. The fourth-order valence-electron chi connectivity index (χ4n) is 0.876. The minimum absolute atomic E-state index is 0.633. The molecule has 1 aromatic carbocycles. The highest BCUT2D eigenvalue weighted by atomic mass is 28.1. The highest BCUT2D eigenvalue weighted by Crippen LogP contribution is 2.03. The molecule has 0 amide bonds. The second kappa shape index (κ2) is 2.96. The molecule has 0 aliphatic rings. The molecular weight excluding hydrogens is 144 g/mol. The zero-order valence-electron chi connectivity index (χ0n) is 5.78. The largest absolute Gasteiger partial charge is 0.364 e. The first kappa shape index (κ1) is 7.46. The van der Waals surface area contributed by atoms with E-state index in [-0.39, 0.29) is 0 Å². The van der Waals surface area contributed by atoms with Crippen LogP contribution in [0.1, 0.15) is 11.9 Å². The first-order valence-electron chi connectivity index (χ1n) is 3.13. The molecular formula is C7H10O2Si. The summed E-state index contributed by atoms with van der Waals surface area (Å²) in [5.74, 6) is 0. The van der Waals surface area contributed by atoms with Crippen LogP contribution in [-0.2, 0) is 0 Å². The zero-order chi connectivity index (χ0) is 7.56. The molecule has 0 spiro atoms. The first-order chi connectivity index (χ1) is 4.72. The Morgan fingerprint density at radius 3 is 2.20 bits per heavy atom. The van der Waals surface area contributed by atoms with Gasteiger partial charge in [0, 0.05) is 15.8 Å². The molecule has 0 aliphatic carbocycles. The van der Waals surface area contributed by atoms with Crippen molar-refractivity contribution in [1.29, 1.82) is 0 Å². The third-order valence-corrected chi connectivity index (χ3v) is 2.38. The third-order valence-electron chi connectivity index (χ3n) is 1.47. The van der Waals surface area contributed by atoms with E-state index in [2.05, 4.69) is 0 Å². The Morgan fingerprint density at radius 2 is 1.80 bits per heavy atom. The van der Waals surface area contributed by atoms with Gasteiger partial charge in [-0.15, -0.1) is 0 Å². The number of benzene rings is 1. The van der Waals surface area contributed by atoms with Gasteiger partial charge in [-0.25, -0.2) is 0 Å². The topological polar surface area (TPSA) is 40.5 Å². The maximum absolute atomic E-state index is 8.78. The molecule has 0 saturated heterocycles. The van der Waals surface area contributed by atoms with Crippen LogP contribution < -0.4 is 5.19 Å². The molecule has 0 unspecified atom stereocenters. The monoisotopic (exact) mass is 154 g/mol. The lowest BCUT2D eigenvalue weighted by Gasteiger charge is -2.05. The smallest absolute Gasteiger partial charge is 0.178 e. The van der Waals surface area contributed by atoms with Crippen LogP contribution in [-0.4, -0.2) is 20.5 Å². The number of hydrogen-bond donors (Lipinski definition) is 2. The zero-order valence-corrected chi connectivity index (χ0v) is 7.78. The van der Waals surface area contributed by atoms with Crippen LogP contribution in [0.2, 0.25) is 0 Å². The van der Waals surface area contributed by atoms with Crippen LogP contribution in [0.3, 0.4) is 0 Å². The van der Waals surface area contributed by atoms with E-state index in [4.69, 9.17) is 10.2 Å². The number of hydrogen-bond acceptors (Lipinski definition) is 2. The van der Waals surface area contributed by atoms with Crippen molar-refractivity contribution < 1.29 is 10.2 Å². The van der Waals surface area contributed by atoms with E-state index in [9.17, 15) is 0 Å². The Labute approximate surface area is 62.6 Å². The Bertz CT molecular complexity index is 223. The van der Waals surface area contributed by atoms with Gasteiger partial charge in [-0.3, -0.25) is 0 Å². The maximum atomic E-state index is 8.78. The van der Waals surface area contributed by atoms with Crippen LogP contribution in [0.15, 0.2) is 24.3 Å². The highest BCUT2D eigenvalue weighted by molar-refractivity contribution is 6.33. The molecule has 0 aromatic heterocycles. The van der Waals surface area contributed by atoms with Crippen molar-refractivity contribution in [3.05, 3.63) is 29.8 Å². The quantitative estimate of drug-likeness (QED) is 0.388. The lowest BCUT2D eigenvalue weighted by molar-refractivity contribution is -0.0416. The summed E-state index contributed by atoms with van der Waals surface area (Å²) in [7, 11) is 0.853. The van der Waals surface area contributed by atoms with Gasteiger partial charge >= 0.3 is 0 Å². The molecule has 0 aliphatic heterocycles. The van der Waals surface area contributed by atoms with Gasteiger partial charge in [-0.2, -0.15) is 0 Å². The molecule has 2 nitrogen and oxygen atoms in total. The predicted molar refractivity (Wildman–Crippen MR) is 43.2 cm³/mol. The molecule has 2 N–H and O–H groups in total. The molecule has 54 valence electrons. The highest BCUT2D eigenvalue weighted by Gasteiger charge is 2.02. The van der Waals surface area contributed by atoms with Crippen LogP contribution in [0.25, 0.3) is 0 Å².